The minimum absolute atomic E-state index is 0.298. The highest BCUT2D eigenvalue weighted by atomic mass is 79.9. The highest BCUT2D eigenvalue weighted by Gasteiger charge is 2.27. The maximum Gasteiger partial charge on any atom is 0.331 e. The van der Waals surface area contributed by atoms with Gasteiger partial charge in [0.15, 0.2) is 6.04 Å². The van der Waals surface area contributed by atoms with Crippen LogP contribution < -0.4 is 0 Å². The number of hydrogen-bond acceptors (Lipinski definition) is 2. The average molecular weight is 321 g/mol. The standard InChI is InChI=1S/C11H11BrClNO3/c1-2-14(6-15)10(11(16)17)8-4-3-7(12)5-9(8)13/h3-6,10H,2H2,1H3,(H,16,17). The number of carbonyl (C=O) groups is 2. The third kappa shape index (κ3) is 3.20. The SMILES string of the molecule is CCN(C=O)C(C(=O)O)c1ccc(Br)cc1Cl. The molecule has 1 N–H and O–H groups in total. The maximum absolute atomic E-state index is 11.2. The van der Waals surface area contributed by atoms with Crippen molar-refractivity contribution in [2.75, 3.05) is 6.54 Å². The van der Waals surface area contributed by atoms with E-state index in [1.54, 1.807) is 25.1 Å². The van der Waals surface area contributed by atoms with Crippen molar-refractivity contribution in [2.24, 2.45) is 0 Å². The van der Waals surface area contributed by atoms with Crippen LogP contribution in [0.1, 0.15) is 18.5 Å². The van der Waals surface area contributed by atoms with Gasteiger partial charge < -0.3 is 10.0 Å². The molecule has 0 aromatic heterocycles. The minimum atomic E-state index is -1.11. The molecular weight excluding hydrogens is 309 g/mol. The van der Waals surface area contributed by atoms with Gasteiger partial charge in [0, 0.05) is 21.6 Å². The Labute approximate surface area is 112 Å². The lowest BCUT2D eigenvalue weighted by Gasteiger charge is -2.24. The van der Waals surface area contributed by atoms with Crippen LogP contribution in [-0.4, -0.2) is 28.9 Å². The fourth-order valence-electron chi connectivity index (χ4n) is 1.49. The smallest absolute Gasteiger partial charge is 0.331 e. The summed E-state index contributed by atoms with van der Waals surface area (Å²) in [5, 5.41) is 9.49. The first-order valence-electron chi connectivity index (χ1n) is 4.90. The lowest BCUT2D eigenvalue weighted by atomic mass is 10.1. The van der Waals surface area contributed by atoms with E-state index in [1.807, 2.05) is 0 Å². The van der Waals surface area contributed by atoms with Gasteiger partial charge >= 0.3 is 5.97 Å². The molecule has 1 rings (SSSR count). The Morgan fingerprint density at radius 3 is 2.71 bits per heavy atom. The van der Waals surface area contributed by atoms with Gasteiger partial charge in [-0.15, -0.1) is 0 Å². The zero-order valence-corrected chi connectivity index (χ0v) is 11.4. The number of carboxylic acids is 1. The molecule has 0 saturated heterocycles. The molecule has 1 aromatic rings. The van der Waals surface area contributed by atoms with Crippen LogP contribution in [0.2, 0.25) is 5.02 Å². The highest BCUT2D eigenvalue weighted by molar-refractivity contribution is 9.10. The van der Waals surface area contributed by atoms with Gasteiger partial charge in [-0.25, -0.2) is 4.79 Å². The number of halogens is 2. The first-order chi connectivity index (χ1) is 8.01. The second kappa shape index (κ2) is 6.02. The number of rotatable bonds is 5. The van der Waals surface area contributed by atoms with Crippen molar-refractivity contribution in [3.8, 4) is 0 Å². The number of nitrogens with zero attached hydrogens (tertiary/aromatic N) is 1. The summed E-state index contributed by atoms with van der Waals surface area (Å²) in [5.74, 6) is -1.11. The molecule has 0 heterocycles. The maximum atomic E-state index is 11.2. The number of hydrogen-bond donors (Lipinski definition) is 1. The lowest BCUT2D eigenvalue weighted by Crippen LogP contribution is -2.33. The monoisotopic (exact) mass is 319 g/mol. The Morgan fingerprint density at radius 2 is 2.29 bits per heavy atom. The molecule has 92 valence electrons. The number of benzene rings is 1. The van der Waals surface area contributed by atoms with Crippen LogP contribution in [0.5, 0.6) is 0 Å². The predicted molar refractivity (Wildman–Crippen MR) is 68.0 cm³/mol. The zero-order chi connectivity index (χ0) is 13.0. The van der Waals surface area contributed by atoms with Crippen molar-refractivity contribution in [3.63, 3.8) is 0 Å². The molecular formula is C11H11BrClNO3. The molecule has 0 aliphatic heterocycles. The third-order valence-electron chi connectivity index (χ3n) is 2.32. The Hall–Kier alpha value is -1.07. The zero-order valence-electron chi connectivity index (χ0n) is 9.06. The number of amides is 1. The van der Waals surface area contributed by atoms with Crippen molar-refractivity contribution in [1.29, 1.82) is 0 Å². The van der Waals surface area contributed by atoms with Gasteiger partial charge in [-0.3, -0.25) is 4.79 Å². The number of carbonyl (C=O) groups excluding carboxylic acids is 1. The summed E-state index contributed by atoms with van der Waals surface area (Å²) in [6.45, 7) is 2.00. The van der Waals surface area contributed by atoms with Gasteiger partial charge in [-0.1, -0.05) is 33.6 Å². The van der Waals surface area contributed by atoms with Crippen LogP contribution in [0.3, 0.4) is 0 Å². The van der Waals surface area contributed by atoms with E-state index in [4.69, 9.17) is 11.6 Å². The van der Waals surface area contributed by atoms with Crippen molar-refractivity contribution in [1.82, 2.24) is 4.90 Å². The van der Waals surface area contributed by atoms with E-state index in [1.165, 1.54) is 4.90 Å². The van der Waals surface area contributed by atoms with Crippen molar-refractivity contribution < 1.29 is 14.7 Å². The fourth-order valence-corrected chi connectivity index (χ4v) is 2.27. The molecule has 6 heteroatoms. The summed E-state index contributed by atoms with van der Waals surface area (Å²) in [4.78, 5) is 23.2. The normalized spacial score (nSPS) is 11.9. The van der Waals surface area contributed by atoms with E-state index >= 15 is 0 Å². The largest absolute Gasteiger partial charge is 0.479 e. The third-order valence-corrected chi connectivity index (χ3v) is 3.14. The quantitative estimate of drug-likeness (QED) is 0.849. The van der Waals surface area contributed by atoms with Crippen LogP contribution in [0.15, 0.2) is 22.7 Å². The first-order valence-corrected chi connectivity index (χ1v) is 6.07. The van der Waals surface area contributed by atoms with Gasteiger partial charge in [-0.05, 0) is 19.1 Å². The van der Waals surface area contributed by atoms with E-state index in [0.29, 0.717) is 23.5 Å². The molecule has 0 saturated carbocycles. The Morgan fingerprint density at radius 1 is 1.65 bits per heavy atom. The molecule has 17 heavy (non-hydrogen) atoms. The van der Waals surface area contributed by atoms with Gasteiger partial charge in [0.25, 0.3) is 0 Å². The van der Waals surface area contributed by atoms with Crippen molar-refractivity contribution in [2.45, 2.75) is 13.0 Å². The molecule has 0 radical (unpaired) electrons. The van der Waals surface area contributed by atoms with Crippen molar-refractivity contribution in [3.05, 3.63) is 33.3 Å². The summed E-state index contributed by atoms with van der Waals surface area (Å²) in [6, 6.07) is 3.83. The Balaban J connectivity index is 3.22. The molecule has 0 bridgehead atoms. The molecule has 0 spiro atoms. The molecule has 0 aliphatic carbocycles. The van der Waals surface area contributed by atoms with Crippen LogP contribution >= 0.6 is 27.5 Å². The van der Waals surface area contributed by atoms with Crippen molar-refractivity contribution >= 4 is 39.9 Å². The van der Waals surface area contributed by atoms with Gasteiger partial charge in [0.2, 0.25) is 6.41 Å². The highest BCUT2D eigenvalue weighted by Crippen LogP contribution is 2.29. The average Bonchev–Trinajstić information content (AvgIpc) is 2.26. The molecule has 0 aliphatic rings. The second-order valence-electron chi connectivity index (χ2n) is 3.34. The second-order valence-corrected chi connectivity index (χ2v) is 4.67. The summed E-state index contributed by atoms with van der Waals surface area (Å²) >= 11 is 9.23. The number of carboxylic acid groups (broad SMARTS) is 1. The predicted octanol–water partition coefficient (Wildman–Crippen LogP) is 2.71. The number of aliphatic carboxylic acids is 1. The van der Waals surface area contributed by atoms with Crippen LogP contribution in [0, 0.1) is 0 Å². The molecule has 1 unspecified atom stereocenters. The molecule has 1 atom stereocenters. The van der Waals surface area contributed by atoms with Gasteiger partial charge in [0.1, 0.15) is 0 Å². The summed E-state index contributed by atoms with van der Waals surface area (Å²) in [7, 11) is 0. The van der Waals surface area contributed by atoms with E-state index in [-0.39, 0.29) is 0 Å². The summed E-state index contributed by atoms with van der Waals surface area (Å²) < 4.78 is 0.754. The molecule has 0 fully saturated rings. The van der Waals surface area contributed by atoms with Gasteiger partial charge in [0.05, 0.1) is 0 Å². The van der Waals surface area contributed by atoms with E-state index in [2.05, 4.69) is 15.9 Å². The first kappa shape index (κ1) is 14.0. The topological polar surface area (TPSA) is 57.6 Å². The Kier molecular flexibility index (Phi) is 4.96. The lowest BCUT2D eigenvalue weighted by molar-refractivity contribution is -0.146. The summed E-state index contributed by atoms with van der Waals surface area (Å²) in [5.41, 5.74) is 0.399. The minimum Gasteiger partial charge on any atom is -0.479 e. The number of likely N-dealkylation sites (N-methyl/N-ethyl adjacent to an activating group) is 1. The van der Waals surface area contributed by atoms with E-state index < -0.39 is 12.0 Å². The fraction of sp³-hybridized carbons (Fsp3) is 0.273. The molecule has 1 amide bonds. The Bertz CT molecular complexity index is 439. The van der Waals surface area contributed by atoms with Gasteiger partial charge in [-0.2, -0.15) is 0 Å². The van der Waals surface area contributed by atoms with Crippen LogP contribution in [0.4, 0.5) is 0 Å². The van der Waals surface area contributed by atoms with Crippen LogP contribution in [-0.2, 0) is 9.59 Å². The molecule has 1 aromatic carbocycles. The van der Waals surface area contributed by atoms with E-state index in [0.717, 1.165) is 4.47 Å². The molecule has 4 nitrogen and oxygen atoms in total. The van der Waals surface area contributed by atoms with E-state index in [9.17, 15) is 14.7 Å². The summed E-state index contributed by atoms with van der Waals surface area (Å²) in [6.07, 6.45) is 0.511. The van der Waals surface area contributed by atoms with Crippen LogP contribution in [0.25, 0.3) is 0 Å².